The summed E-state index contributed by atoms with van der Waals surface area (Å²) in [5.74, 6) is 0.852. The van der Waals surface area contributed by atoms with Crippen LogP contribution in [0.5, 0.6) is 5.75 Å². The Morgan fingerprint density at radius 3 is 2.75 bits per heavy atom. The third kappa shape index (κ3) is 3.52. The molecule has 2 rings (SSSR count). The predicted octanol–water partition coefficient (Wildman–Crippen LogP) is 3.29. The second kappa shape index (κ2) is 7.31. The van der Waals surface area contributed by atoms with Crippen LogP contribution in [0.4, 0.5) is 0 Å². The van der Waals surface area contributed by atoms with Crippen LogP contribution >= 0.6 is 11.6 Å². The molecule has 0 aliphatic carbocycles. The Morgan fingerprint density at radius 1 is 1.35 bits per heavy atom. The molecular weight excluding hydrogens is 274 g/mol. The first-order valence-corrected chi connectivity index (χ1v) is 7.20. The van der Waals surface area contributed by atoms with Crippen molar-refractivity contribution < 1.29 is 4.74 Å². The van der Waals surface area contributed by atoms with E-state index in [1.807, 2.05) is 42.1 Å². The summed E-state index contributed by atoms with van der Waals surface area (Å²) in [6, 6.07) is 9.78. The summed E-state index contributed by atoms with van der Waals surface area (Å²) in [5, 5.41) is 8.24. The maximum Gasteiger partial charge on any atom is 0.119 e. The second-order valence-electron chi connectivity index (χ2n) is 4.57. The van der Waals surface area contributed by atoms with Crippen molar-refractivity contribution in [3.05, 3.63) is 47.2 Å². The zero-order chi connectivity index (χ0) is 14.4. The molecule has 0 radical (unpaired) electrons. The molecule has 108 valence electrons. The second-order valence-corrected chi connectivity index (χ2v) is 4.97. The van der Waals surface area contributed by atoms with E-state index in [2.05, 4.69) is 17.3 Å². The van der Waals surface area contributed by atoms with Gasteiger partial charge in [-0.25, -0.2) is 0 Å². The number of hydrogen-bond acceptors (Lipinski definition) is 3. The van der Waals surface area contributed by atoms with Gasteiger partial charge in [-0.05, 0) is 25.6 Å². The molecule has 1 atom stereocenters. The lowest BCUT2D eigenvalue weighted by Gasteiger charge is -2.19. The van der Waals surface area contributed by atoms with Gasteiger partial charge in [0.2, 0.25) is 0 Å². The lowest BCUT2D eigenvalue weighted by molar-refractivity contribution is 0.265. The number of aromatic nitrogens is 2. The van der Waals surface area contributed by atoms with E-state index >= 15 is 0 Å². The molecule has 0 saturated heterocycles. The average molecular weight is 294 g/mol. The van der Waals surface area contributed by atoms with E-state index in [1.54, 1.807) is 6.20 Å². The highest BCUT2D eigenvalue weighted by molar-refractivity contribution is 6.31. The van der Waals surface area contributed by atoms with Crippen LogP contribution in [-0.2, 0) is 6.54 Å². The van der Waals surface area contributed by atoms with Crippen LogP contribution in [0.15, 0.2) is 36.5 Å². The van der Waals surface area contributed by atoms with E-state index in [0.29, 0.717) is 11.6 Å². The summed E-state index contributed by atoms with van der Waals surface area (Å²) < 4.78 is 7.75. The van der Waals surface area contributed by atoms with Crippen molar-refractivity contribution in [2.45, 2.75) is 25.9 Å². The van der Waals surface area contributed by atoms with Crippen LogP contribution < -0.4 is 10.1 Å². The Labute approximate surface area is 124 Å². The fraction of sp³-hybridized carbons (Fsp3) is 0.400. The molecule has 4 nitrogen and oxygen atoms in total. The summed E-state index contributed by atoms with van der Waals surface area (Å²) in [6.07, 6.45) is 2.71. The molecule has 5 heteroatoms. The zero-order valence-electron chi connectivity index (χ0n) is 11.8. The fourth-order valence-electron chi connectivity index (χ4n) is 2.10. The highest BCUT2D eigenvalue weighted by Crippen LogP contribution is 2.24. The van der Waals surface area contributed by atoms with Gasteiger partial charge in [-0.2, -0.15) is 5.10 Å². The number of likely N-dealkylation sites (N-methyl/N-ethyl adjacent to an activating group) is 1. The first kappa shape index (κ1) is 14.9. The number of rotatable bonds is 7. The summed E-state index contributed by atoms with van der Waals surface area (Å²) in [4.78, 5) is 0. The molecule has 0 aliphatic heterocycles. The lowest BCUT2D eigenvalue weighted by atomic mass is 10.2. The van der Waals surface area contributed by atoms with Gasteiger partial charge in [-0.3, -0.25) is 4.68 Å². The van der Waals surface area contributed by atoms with Gasteiger partial charge >= 0.3 is 0 Å². The molecule has 0 aliphatic rings. The van der Waals surface area contributed by atoms with Gasteiger partial charge in [0.25, 0.3) is 0 Å². The number of benzene rings is 1. The van der Waals surface area contributed by atoms with E-state index in [1.165, 1.54) is 0 Å². The molecule has 20 heavy (non-hydrogen) atoms. The Morgan fingerprint density at radius 2 is 2.10 bits per heavy atom. The Balaban J connectivity index is 2.10. The molecule has 2 aromatic rings. The lowest BCUT2D eigenvalue weighted by Crippen LogP contribution is -2.26. The van der Waals surface area contributed by atoms with Gasteiger partial charge in [0.15, 0.2) is 0 Å². The van der Waals surface area contributed by atoms with E-state index in [4.69, 9.17) is 16.3 Å². The number of hydrogen-bond donors (Lipinski definition) is 1. The van der Waals surface area contributed by atoms with Gasteiger partial charge in [-0.1, -0.05) is 36.7 Å². The summed E-state index contributed by atoms with van der Waals surface area (Å²) >= 11 is 6.26. The Kier molecular flexibility index (Phi) is 5.44. The number of nitrogens with zero attached hydrogens (tertiary/aromatic N) is 2. The van der Waals surface area contributed by atoms with Crippen molar-refractivity contribution in [3.63, 3.8) is 0 Å². The van der Waals surface area contributed by atoms with E-state index < -0.39 is 0 Å². The maximum atomic E-state index is 6.26. The van der Waals surface area contributed by atoms with Gasteiger partial charge in [0.05, 0.1) is 23.0 Å². The summed E-state index contributed by atoms with van der Waals surface area (Å²) in [6.45, 7) is 3.48. The van der Waals surface area contributed by atoms with Crippen LogP contribution in [0.1, 0.15) is 25.1 Å². The maximum absolute atomic E-state index is 6.26. The van der Waals surface area contributed by atoms with Crippen LogP contribution in [0.2, 0.25) is 5.02 Å². The van der Waals surface area contributed by atoms with Crippen LogP contribution in [-0.4, -0.2) is 23.4 Å². The number of nitrogens with one attached hydrogen (secondary N) is 1. The molecule has 0 spiro atoms. The van der Waals surface area contributed by atoms with Crippen molar-refractivity contribution in [1.82, 2.24) is 15.1 Å². The topological polar surface area (TPSA) is 39.1 Å². The minimum atomic E-state index is 0.0109. The van der Waals surface area contributed by atoms with Gasteiger partial charge in [-0.15, -0.1) is 0 Å². The number of halogens is 1. The van der Waals surface area contributed by atoms with Crippen molar-refractivity contribution in [2.24, 2.45) is 0 Å². The van der Waals surface area contributed by atoms with Gasteiger partial charge < -0.3 is 10.1 Å². The van der Waals surface area contributed by atoms with Crippen LogP contribution in [0.3, 0.4) is 0 Å². The van der Waals surface area contributed by atoms with Crippen LogP contribution in [0.25, 0.3) is 0 Å². The molecule has 1 aromatic carbocycles. The van der Waals surface area contributed by atoms with E-state index in [-0.39, 0.29) is 6.04 Å². The van der Waals surface area contributed by atoms with Gasteiger partial charge in [0, 0.05) is 6.54 Å². The van der Waals surface area contributed by atoms with Crippen molar-refractivity contribution >= 4 is 11.6 Å². The number of aryl methyl sites for hydroxylation is 1. The predicted molar refractivity (Wildman–Crippen MR) is 81.3 cm³/mol. The largest absolute Gasteiger partial charge is 0.492 e. The Hall–Kier alpha value is -1.52. The normalized spacial score (nSPS) is 12.3. The fourth-order valence-corrected chi connectivity index (χ4v) is 2.38. The smallest absolute Gasteiger partial charge is 0.119 e. The molecule has 0 saturated carbocycles. The standard InChI is InChI=1S/C15H20ClN3O/c1-3-9-19-15(13(16)10-18-19)14(17-2)11-20-12-7-5-4-6-8-12/h4-8,10,14,17H,3,9,11H2,1-2H3. The van der Waals surface area contributed by atoms with Crippen molar-refractivity contribution in [3.8, 4) is 5.75 Å². The molecule has 0 amide bonds. The molecule has 1 N–H and O–H groups in total. The molecule has 1 unspecified atom stereocenters. The number of ether oxygens (including phenoxy) is 1. The third-order valence-corrected chi connectivity index (χ3v) is 3.40. The minimum absolute atomic E-state index is 0.0109. The summed E-state index contributed by atoms with van der Waals surface area (Å²) in [7, 11) is 1.90. The van der Waals surface area contributed by atoms with E-state index in [9.17, 15) is 0 Å². The molecule has 1 heterocycles. The molecule has 1 aromatic heterocycles. The minimum Gasteiger partial charge on any atom is -0.492 e. The van der Waals surface area contributed by atoms with Gasteiger partial charge in [0.1, 0.15) is 12.4 Å². The quantitative estimate of drug-likeness (QED) is 0.851. The molecular formula is C15H20ClN3O. The van der Waals surface area contributed by atoms with Crippen molar-refractivity contribution in [1.29, 1.82) is 0 Å². The highest BCUT2D eigenvalue weighted by atomic mass is 35.5. The van der Waals surface area contributed by atoms with Crippen LogP contribution in [0, 0.1) is 0 Å². The first-order chi connectivity index (χ1) is 9.76. The van der Waals surface area contributed by atoms with E-state index in [0.717, 1.165) is 24.4 Å². The first-order valence-electron chi connectivity index (χ1n) is 6.82. The summed E-state index contributed by atoms with van der Waals surface area (Å²) in [5.41, 5.74) is 0.979. The average Bonchev–Trinajstić information content (AvgIpc) is 2.83. The Bertz CT molecular complexity index is 527. The third-order valence-electron chi connectivity index (χ3n) is 3.11. The monoisotopic (exact) mass is 293 g/mol. The molecule has 0 bridgehead atoms. The number of para-hydroxylation sites is 1. The highest BCUT2D eigenvalue weighted by Gasteiger charge is 2.19. The SMILES string of the molecule is CCCn1ncc(Cl)c1C(COc1ccccc1)NC. The molecule has 0 fully saturated rings. The van der Waals surface area contributed by atoms with Crippen molar-refractivity contribution in [2.75, 3.05) is 13.7 Å². The zero-order valence-corrected chi connectivity index (χ0v) is 12.6.